The number of halogens is 1. The molecule has 2 aromatic rings. The number of nitrogens with zero attached hydrogens (tertiary/aromatic N) is 2. The predicted molar refractivity (Wildman–Crippen MR) is 116 cm³/mol. The number of aryl methyl sites for hydroxylation is 1. The molecule has 0 bridgehead atoms. The number of anilines is 2. The minimum absolute atomic E-state index is 0.0147. The summed E-state index contributed by atoms with van der Waals surface area (Å²) in [6.07, 6.45) is 0.858. The second-order valence-corrected chi connectivity index (χ2v) is 8.50. The van der Waals surface area contributed by atoms with Crippen LogP contribution in [0, 0.1) is 31.5 Å². The van der Waals surface area contributed by atoms with Crippen LogP contribution in [-0.2, 0) is 4.79 Å². The Morgan fingerprint density at radius 2 is 1.77 bits per heavy atom. The van der Waals surface area contributed by atoms with Gasteiger partial charge in [-0.25, -0.2) is 4.39 Å². The first kappa shape index (κ1) is 20.4. The third-order valence-corrected chi connectivity index (χ3v) is 6.40. The van der Waals surface area contributed by atoms with E-state index in [1.165, 1.54) is 35.0 Å². The van der Waals surface area contributed by atoms with Crippen LogP contribution in [0.1, 0.15) is 34.8 Å². The van der Waals surface area contributed by atoms with Gasteiger partial charge in [0.15, 0.2) is 0 Å². The number of benzene rings is 2. The largest absolute Gasteiger partial charge is 0.368 e. The summed E-state index contributed by atoms with van der Waals surface area (Å²) in [6.45, 7) is 8.77. The van der Waals surface area contributed by atoms with Crippen LogP contribution >= 0.6 is 0 Å². The van der Waals surface area contributed by atoms with Gasteiger partial charge in [0, 0.05) is 37.8 Å². The second-order valence-electron chi connectivity index (χ2n) is 8.50. The Bertz CT molecular complexity index is 982. The predicted octanol–water partition coefficient (Wildman–Crippen LogP) is 4.00. The Morgan fingerprint density at radius 3 is 2.43 bits per heavy atom. The maximum absolute atomic E-state index is 13.9. The zero-order chi connectivity index (χ0) is 21.4. The van der Waals surface area contributed by atoms with Gasteiger partial charge in [0.05, 0.1) is 11.3 Å². The first-order valence-electron chi connectivity index (χ1n) is 10.6. The van der Waals surface area contributed by atoms with Crippen LogP contribution in [-0.4, -0.2) is 42.9 Å². The number of nitrogens with one attached hydrogen (secondary N) is 1. The highest BCUT2D eigenvalue weighted by Crippen LogP contribution is 2.38. The van der Waals surface area contributed by atoms with Crippen molar-refractivity contribution in [1.29, 1.82) is 0 Å². The molecule has 0 unspecified atom stereocenters. The SMILES string of the molecule is Cc1cccc(N2CCN(C(=O)c3cc(F)ccc3NC(=O)[C@H]3C[C@@H]3C)CC2)c1C. The molecule has 1 aliphatic carbocycles. The summed E-state index contributed by atoms with van der Waals surface area (Å²) in [4.78, 5) is 29.5. The molecule has 4 rings (SSSR count). The van der Waals surface area contributed by atoms with E-state index in [2.05, 4.69) is 42.3 Å². The molecule has 2 fully saturated rings. The maximum Gasteiger partial charge on any atom is 0.256 e. The van der Waals surface area contributed by atoms with E-state index < -0.39 is 5.82 Å². The molecule has 1 saturated heterocycles. The molecule has 2 atom stereocenters. The molecule has 2 aliphatic rings. The van der Waals surface area contributed by atoms with Crippen molar-refractivity contribution >= 4 is 23.2 Å². The molecular formula is C24H28FN3O2. The zero-order valence-corrected chi connectivity index (χ0v) is 17.7. The summed E-state index contributed by atoms with van der Waals surface area (Å²) in [5.74, 6) is -0.468. The first-order valence-corrected chi connectivity index (χ1v) is 10.6. The normalized spacial score (nSPS) is 20.8. The number of piperazine rings is 1. The number of carbonyl (C=O) groups excluding carboxylic acids is 2. The van der Waals surface area contributed by atoms with E-state index in [0.717, 1.165) is 6.42 Å². The Hall–Kier alpha value is -2.89. The van der Waals surface area contributed by atoms with Gasteiger partial charge in [-0.2, -0.15) is 0 Å². The number of hydrogen-bond acceptors (Lipinski definition) is 3. The second kappa shape index (κ2) is 8.09. The first-order chi connectivity index (χ1) is 14.3. The monoisotopic (exact) mass is 409 g/mol. The van der Waals surface area contributed by atoms with Gasteiger partial charge in [0.1, 0.15) is 5.82 Å². The Balaban J connectivity index is 1.47. The number of hydrogen-bond donors (Lipinski definition) is 1. The molecule has 0 spiro atoms. The van der Waals surface area contributed by atoms with E-state index in [9.17, 15) is 14.0 Å². The highest BCUT2D eigenvalue weighted by atomic mass is 19.1. The molecule has 2 aromatic carbocycles. The number of rotatable bonds is 4. The van der Waals surface area contributed by atoms with E-state index in [-0.39, 0.29) is 23.3 Å². The fraction of sp³-hybridized carbons (Fsp3) is 0.417. The van der Waals surface area contributed by atoms with Gasteiger partial charge >= 0.3 is 0 Å². The van der Waals surface area contributed by atoms with Crippen molar-refractivity contribution in [3.63, 3.8) is 0 Å². The topological polar surface area (TPSA) is 52.6 Å². The molecule has 5 nitrogen and oxygen atoms in total. The van der Waals surface area contributed by atoms with Crippen LogP contribution < -0.4 is 10.2 Å². The van der Waals surface area contributed by atoms with Crippen molar-refractivity contribution in [2.75, 3.05) is 36.4 Å². The van der Waals surface area contributed by atoms with Gasteiger partial charge in [0.25, 0.3) is 5.91 Å². The van der Waals surface area contributed by atoms with Gasteiger partial charge in [-0.05, 0) is 61.6 Å². The fourth-order valence-electron chi connectivity index (χ4n) is 4.11. The lowest BCUT2D eigenvalue weighted by Crippen LogP contribution is -2.49. The smallest absolute Gasteiger partial charge is 0.256 e. The van der Waals surface area contributed by atoms with Crippen LogP contribution in [0.5, 0.6) is 0 Å². The lowest BCUT2D eigenvalue weighted by atomic mass is 10.1. The highest BCUT2D eigenvalue weighted by Gasteiger charge is 2.39. The van der Waals surface area contributed by atoms with Gasteiger partial charge in [-0.3, -0.25) is 9.59 Å². The van der Waals surface area contributed by atoms with E-state index in [1.807, 2.05) is 6.92 Å². The molecule has 1 aliphatic heterocycles. The van der Waals surface area contributed by atoms with Gasteiger partial charge in [0.2, 0.25) is 5.91 Å². The highest BCUT2D eigenvalue weighted by molar-refractivity contribution is 6.04. The molecule has 2 amide bonds. The van der Waals surface area contributed by atoms with Crippen molar-refractivity contribution in [2.45, 2.75) is 27.2 Å². The summed E-state index contributed by atoms with van der Waals surface area (Å²) in [5, 5.41) is 2.83. The third-order valence-electron chi connectivity index (χ3n) is 6.40. The van der Waals surface area contributed by atoms with Crippen molar-refractivity contribution in [1.82, 2.24) is 4.90 Å². The number of amides is 2. The fourth-order valence-corrected chi connectivity index (χ4v) is 4.11. The maximum atomic E-state index is 13.9. The van der Waals surface area contributed by atoms with Crippen LogP contribution in [0.4, 0.5) is 15.8 Å². The molecular weight excluding hydrogens is 381 g/mol. The molecule has 1 N–H and O–H groups in total. The standard InChI is InChI=1S/C24H28FN3O2/c1-15-5-4-6-22(17(15)3)27-9-11-28(12-10-27)24(30)20-14-18(25)7-8-21(20)26-23(29)19-13-16(19)2/h4-8,14,16,19H,9-13H2,1-3H3,(H,26,29)/t16-,19-/m0/s1. The van der Waals surface area contributed by atoms with Crippen LogP contribution in [0.2, 0.25) is 0 Å². The van der Waals surface area contributed by atoms with Crippen LogP contribution in [0.25, 0.3) is 0 Å². The van der Waals surface area contributed by atoms with Crippen molar-refractivity contribution in [3.8, 4) is 0 Å². The number of carbonyl (C=O) groups is 2. The minimum Gasteiger partial charge on any atom is -0.368 e. The van der Waals surface area contributed by atoms with E-state index in [0.29, 0.717) is 37.8 Å². The van der Waals surface area contributed by atoms with Crippen LogP contribution in [0.3, 0.4) is 0 Å². The van der Waals surface area contributed by atoms with E-state index >= 15 is 0 Å². The summed E-state index contributed by atoms with van der Waals surface area (Å²) < 4.78 is 13.9. The summed E-state index contributed by atoms with van der Waals surface area (Å²) >= 11 is 0. The Labute approximate surface area is 176 Å². The molecule has 0 aromatic heterocycles. The average molecular weight is 410 g/mol. The van der Waals surface area contributed by atoms with Gasteiger partial charge in [-0.15, -0.1) is 0 Å². The van der Waals surface area contributed by atoms with Crippen LogP contribution in [0.15, 0.2) is 36.4 Å². The van der Waals surface area contributed by atoms with Gasteiger partial charge in [-0.1, -0.05) is 19.1 Å². The average Bonchev–Trinajstić information content (AvgIpc) is 3.48. The Kier molecular flexibility index (Phi) is 5.50. The summed E-state index contributed by atoms with van der Waals surface area (Å²) in [6, 6.07) is 10.3. The van der Waals surface area contributed by atoms with Crippen molar-refractivity contribution in [3.05, 3.63) is 58.9 Å². The lowest BCUT2D eigenvalue weighted by Gasteiger charge is -2.37. The molecule has 30 heavy (non-hydrogen) atoms. The quantitative estimate of drug-likeness (QED) is 0.831. The van der Waals surface area contributed by atoms with Crippen molar-refractivity contribution in [2.24, 2.45) is 11.8 Å². The summed E-state index contributed by atoms with van der Waals surface area (Å²) in [7, 11) is 0. The lowest BCUT2D eigenvalue weighted by molar-refractivity contribution is -0.117. The summed E-state index contributed by atoms with van der Waals surface area (Å²) in [5.41, 5.74) is 4.30. The van der Waals surface area contributed by atoms with E-state index in [4.69, 9.17) is 0 Å². The van der Waals surface area contributed by atoms with Gasteiger partial charge < -0.3 is 15.1 Å². The van der Waals surface area contributed by atoms with E-state index in [1.54, 1.807) is 4.90 Å². The zero-order valence-electron chi connectivity index (χ0n) is 17.7. The molecule has 1 saturated carbocycles. The third kappa shape index (κ3) is 4.04. The molecule has 1 heterocycles. The Morgan fingerprint density at radius 1 is 1.07 bits per heavy atom. The minimum atomic E-state index is -0.481. The molecule has 158 valence electrons. The molecule has 0 radical (unpaired) electrons. The van der Waals surface area contributed by atoms with Crippen molar-refractivity contribution < 1.29 is 14.0 Å². The molecule has 6 heteroatoms.